The molecule has 0 heterocycles. The second-order valence-electron chi connectivity index (χ2n) is 5.22. The molecular formula is C19H19NO6. The summed E-state index contributed by atoms with van der Waals surface area (Å²) in [5, 5.41) is 2.73. The van der Waals surface area contributed by atoms with E-state index < -0.39 is 11.9 Å². The third-order valence-corrected chi connectivity index (χ3v) is 3.50. The van der Waals surface area contributed by atoms with Gasteiger partial charge < -0.3 is 19.5 Å². The summed E-state index contributed by atoms with van der Waals surface area (Å²) in [5.41, 5.74) is 0.786. The Kier molecular flexibility index (Phi) is 6.32. The predicted molar refractivity (Wildman–Crippen MR) is 94.6 cm³/mol. The van der Waals surface area contributed by atoms with E-state index in [-0.39, 0.29) is 17.0 Å². The van der Waals surface area contributed by atoms with E-state index >= 15 is 0 Å². The zero-order valence-corrected chi connectivity index (χ0v) is 14.7. The summed E-state index contributed by atoms with van der Waals surface area (Å²) >= 11 is 0. The quantitative estimate of drug-likeness (QED) is 0.797. The van der Waals surface area contributed by atoms with Crippen LogP contribution in [0.15, 0.2) is 42.5 Å². The van der Waals surface area contributed by atoms with Crippen molar-refractivity contribution < 1.29 is 28.6 Å². The standard InChI is InChI=1S/C19H19NO6/c1-4-17(21)20-12-5-7-13(8-6-12)26-14-9-10-15(18(22)24-2)16(11-14)19(23)25-3/h5-11H,4H2,1-3H3,(H,20,21). The first-order chi connectivity index (χ1) is 12.5. The molecule has 0 spiro atoms. The van der Waals surface area contributed by atoms with Gasteiger partial charge in [0.1, 0.15) is 11.5 Å². The number of carbonyl (C=O) groups is 3. The highest BCUT2D eigenvalue weighted by molar-refractivity contribution is 6.03. The average molecular weight is 357 g/mol. The Morgan fingerprint density at radius 3 is 2.00 bits per heavy atom. The van der Waals surface area contributed by atoms with E-state index in [0.717, 1.165) is 0 Å². The van der Waals surface area contributed by atoms with Crippen LogP contribution in [0.4, 0.5) is 5.69 Å². The van der Waals surface area contributed by atoms with Crippen LogP contribution in [0.3, 0.4) is 0 Å². The molecule has 0 radical (unpaired) electrons. The number of rotatable bonds is 6. The number of hydrogen-bond donors (Lipinski definition) is 1. The van der Waals surface area contributed by atoms with Gasteiger partial charge in [-0.2, -0.15) is 0 Å². The fourth-order valence-electron chi connectivity index (χ4n) is 2.15. The molecule has 7 heteroatoms. The number of benzene rings is 2. The lowest BCUT2D eigenvalue weighted by Crippen LogP contribution is -2.11. The molecule has 26 heavy (non-hydrogen) atoms. The summed E-state index contributed by atoms with van der Waals surface area (Å²) in [4.78, 5) is 35.1. The van der Waals surface area contributed by atoms with Gasteiger partial charge in [0.05, 0.1) is 25.3 Å². The molecule has 7 nitrogen and oxygen atoms in total. The molecule has 0 bridgehead atoms. The van der Waals surface area contributed by atoms with E-state index in [4.69, 9.17) is 9.47 Å². The molecule has 136 valence electrons. The molecule has 0 aliphatic carbocycles. The van der Waals surface area contributed by atoms with Crippen LogP contribution < -0.4 is 10.1 Å². The van der Waals surface area contributed by atoms with Gasteiger partial charge in [-0.15, -0.1) is 0 Å². The Bertz CT molecular complexity index is 813. The van der Waals surface area contributed by atoms with Crippen LogP contribution in [0.1, 0.15) is 34.1 Å². The Hall–Kier alpha value is -3.35. The molecule has 1 N–H and O–H groups in total. The average Bonchev–Trinajstić information content (AvgIpc) is 2.68. The minimum absolute atomic E-state index is 0.0451. The first kappa shape index (κ1) is 19.0. The maximum Gasteiger partial charge on any atom is 0.338 e. The first-order valence-electron chi connectivity index (χ1n) is 7.87. The smallest absolute Gasteiger partial charge is 0.338 e. The van der Waals surface area contributed by atoms with E-state index in [2.05, 4.69) is 10.1 Å². The summed E-state index contributed by atoms with van der Waals surface area (Å²) in [5.74, 6) is -0.550. The second kappa shape index (κ2) is 8.66. The maximum atomic E-state index is 11.9. The lowest BCUT2D eigenvalue weighted by molar-refractivity contribution is -0.115. The molecule has 0 aliphatic heterocycles. The number of methoxy groups -OCH3 is 2. The van der Waals surface area contributed by atoms with Crippen molar-refractivity contribution in [2.24, 2.45) is 0 Å². The monoisotopic (exact) mass is 357 g/mol. The molecule has 2 aromatic carbocycles. The van der Waals surface area contributed by atoms with Crippen LogP contribution >= 0.6 is 0 Å². The van der Waals surface area contributed by atoms with Crippen molar-refractivity contribution in [2.75, 3.05) is 19.5 Å². The third kappa shape index (κ3) is 4.60. The molecule has 2 aromatic rings. The van der Waals surface area contributed by atoms with Gasteiger partial charge in [-0.25, -0.2) is 9.59 Å². The molecule has 1 amide bonds. The molecule has 0 unspecified atom stereocenters. The Morgan fingerprint density at radius 2 is 1.42 bits per heavy atom. The maximum absolute atomic E-state index is 11.9. The highest BCUT2D eigenvalue weighted by Crippen LogP contribution is 2.26. The molecular weight excluding hydrogens is 338 g/mol. The molecule has 0 saturated carbocycles. The normalized spacial score (nSPS) is 9.96. The number of anilines is 1. The summed E-state index contributed by atoms with van der Waals surface area (Å²) in [6, 6.07) is 11.1. The van der Waals surface area contributed by atoms with Gasteiger partial charge in [0.2, 0.25) is 5.91 Å². The Balaban J connectivity index is 2.22. The fraction of sp³-hybridized carbons (Fsp3) is 0.211. The van der Waals surface area contributed by atoms with Gasteiger partial charge in [0.25, 0.3) is 0 Å². The van der Waals surface area contributed by atoms with Crippen molar-refractivity contribution in [3.63, 3.8) is 0 Å². The van der Waals surface area contributed by atoms with Crippen LogP contribution in [-0.2, 0) is 14.3 Å². The van der Waals surface area contributed by atoms with Crippen LogP contribution in [0, 0.1) is 0 Å². The predicted octanol–water partition coefficient (Wildman–Crippen LogP) is 3.40. The highest BCUT2D eigenvalue weighted by atomic mass is 16.5. The summed E-state index contributed by atoms with van der Waals surface area (Å²) < 4.78 is 15.1. The number of ether oxygens (including phenoxy) is 3. The summed E-state index contributed by atoms with van der Waals surface area (Å²) in [6.07, 6.45) is 0.390. The highest BCUT2D eigenvalue weighted by Gasteiger charge is 2.19. The topological polar surface area (TPSA) is 90.9 Å². The van der Waals surface area contributed by atoms with Gasteiger partial charge in [-0.3, -0.25) is 4.79 Å². The van der Waals surface area contributed by atoms with Crippen molar-refractivity contribution >= 4 is 23.5 Å². The van der Waals surface area contributed by atoms with Gasteiger partial charge >= 0.3 is 11.9 Å². The van der Waals surface area contributed by atoms with E-state index in [1.807, 2.05) is 0 Å². The molecule has 0 fully saturated rings. The number of esters is 2. The molecule has 0 aromatic heterocycles. The number of carbonyl (C=O) groups excluding carboxylic acids is 3. The van der Waals surface area contributed by atoms with Crippen LogP contribution in [0.2, 0.25) is 0 Å². The lowest BCUT2D eigenvalue weighted by Gasteiger charge is -2.11. The lowest BCUT2D eigenvalue weighted by atomic mass is 10.1. The SMILES string of the molecule is CCC(=O)Nc1ccc(Oc2ccc(C(=O)OC)c(C(=O)OC)c2)cc1. The van der Waals surface area contributed by atoms with Crippen LogP contribution in [-0.4, -0.2) is 32.1 Å². The van der Waals surface area contributed by atoms with Crippen molar-refractivity contribution in [1.82, 2.24) is 0 Å². The minimum Gasteiger partial charge on any atom is -0.465 e. The molecule has 2 rings (SSSR count). The second-order valence-corrected chi connectivity index (χ2v) is 5.22. The fourth-order valence-corrected chi connectivity index (χ4v) is 2.15. The van der Waals surface area contributed by atoms with Crippen LogP contribution in [0.25, 0.3) is 0 Å². The Labute approximate surface area is 150 Å². The zero-order chi connectivity index (χ0) is 19.1. The summed E-state index contributed by atoms with van der Waals surface area (Å²) in [7, 11) is 2.45. The van der Waals surface area contributed by atoms with E-state index in [0.29, 0.717) is 23.6 Å². The van der Waals surface area contributed by atoms with Crippen molar-refractivity contribution in [1.29, 1.82) is 0 Å². The number of hydrogen-bond acceptors (Lipinski definition) is 6. The largest absolute Gasteiger partial charge is 0.465 e. The van der Waals surface area contributed by atoms with Crippen molar-refractivity contribution in [3.8, 4) is 11.5 Å². The van der Waals surface area contributed by atoms with Gasteiger partial charge in [-0.1, -0.05) is 6.92 Å². The zero-order valence-electron chi connectivity index (χ0n) is 14.7. The van der Waals surface area contributed by atoms with Gasteiger partial charge in [0.15, 0.2) is 0 Å². The number of nitrogens with one attached hydrogen (secondary N) is 1. The molecule has 0 atom stereocenters. The molecule has 0 saturated heterocycles. The van der Waals surface area contributed by atoms with Crippen molar-refractivity contribution in [3.05, 3.63) is 53.6 Å². The first-order valence-corrected chi connectivity index (χ1v) is 7.87. The van der Waals surface area contributed by atoms with Crippen molar-refractivity contribution in [2.45, 2.75) is 13.3 Å². The van der Waals surface area contributed by atoms with E-state index in [1.165, 1.54) is 26.4 Å². The minimum atomic E-state index is -0.673. The molecule has 0 aliphatic rings. The Morgan fingerprint density at radius 1 is 0.846 bits per heavy atom. The van der Waals surface area contributed by atoms with Crippen LogP contribution in [0.5, 0.6) is 11.5 Å². The van der Waals surface area contributed by atoms with Gasteiger partial charge in [-0.05, 0) is 42.5 Å². The summed E-state index contributed by atoms with van der Waals surface area (Å²) in [6.45, 7) is 1.77. The van der Waals surface area contributed by atoms with Gasteiger partial charge in [0, 0.05) is 12.1 Å². The van der Waals surface area contributed by atoms with E-state index in [9.17, 15) is 14.4 Å². The number of amides is 1. The van der Waals surface area contributed by atoms with E-state index in [1.54, 1.807) is 37.3 Å². The third-order valence-electron chi connectivity index (χ3n) is 3.50.